The molecule has 1 heterocycles. The minimum absolute atomic E-state index is 0.0605. The van der Waals surface area contributed by atoms with Gasteiger partial charge in [0.2, 0.25) is 5.91 Å². The van der Waals surface area contributed by atoms with Gasteiger partial charge in [0, 0.05) is 36.8 Å². The molecule has 0 radical (unpaired) electrons. The minimum atomic E-state index is -1.15. The molecule has 5 N–H and O–H groups in total. The molecular formula is C42H58N6O7. The zero-order chi connectivity index (χ0) is 40.3. The van der Waals surface area contributed by atoms with Crippen molar-refractivity contribution in [2.24, 2.45) is 17.3 Å². The van der Waals surface area contributed by atoms with Crippen molar-refractivity contribution in [2.45, 2.75) is 104 Å². The Balaban J connectivity index is 1.56. The highest BCUT2D eigenvalue weighted by Crippen LogP contribution is 2.46. The average molecular weight is 759 g/mol. The number of benzene rings is 2. The van der Waals surface area contributed by atoms with Crippen molar-refractivity contribution >= 4 is 24.0 Å². The van der Waals surface area contributed by atoms with E-state index in [0.717, 1.165) is 22.4 Å². The molecule has 1 fully saturated rings. The van der Waals surface area contributed by atoms with Crippen LogP contribution in [0.1, 0.15) is 72.4 Å². The van der Waals surface area contributed by atoms with Crippen molar-refractivity contribution in [3.8, 4) is 11.3 Å². The number of nitrogens with zero attached hydrogens (tertiary/aromatic N) is 2. The molecule has 1 aliphatic rings. The lowest BCUT2D eigenvalue weighted by atomic mass is 9.58. The number of hydrazine groups is 1. The summed E-state index contributed by atoms with van der Waals surface area (Å²) >= 11 is 0. The quantitative estimate of drug-likeness (QED) is 0.120. The number of alkyl carbamates (subject to hydrolysis) is 2. The molecule has 1 saturated carbocycles. The number of carbonyl (C=O) groups excluding carboxylic acids is 4. The summed E-state index contributed by atoms with van der Waals surface area (Å²) in [6, 6.07) is 21.1. The Kier molecular flexibility index (Phi) is 14.8. The molecule has 4 amide bonds. The smallest absolute Gasteiger partial charge is 0.407 e. The number of carbonyl (C=O) groups is 4. The van der Waals surface area contributed by atoms with Gasteiger partial charge < -0.3 is 30.5 Å². The van der Waals surface area contributed by atoms with E-state index in [9.17, 15) is 24.3 Å². The molecule has 0 unspecified atom stereocenters. The summed E-state index contributed by atoms with van der Waals surface area (Å²) in [5, 5.41) is 22.2. The Morgan fingerprint density at radius 1 is 0.927 bits per heavy atom. The van der Waals surface area contributed by atoms with Crippen LogP contribution < -0.4 is 21.4 Å². The molecule has 55 heavy (non-hydrogen) atoms. The first-order chi connectivity index (χ1) is 25.9. The first kappa shape index (κ1) is 42.7. The topological polar surface area (TPSA) is 171 Å². The predicted molar refractivity (Wildman–Crippen MR) is 210 cm³/mol. The monoisotopic (exact) mass is 758 g/mol. The molecule has 0 bridgehead atoms. The molecular weight excluding hydrogens is 700 g/mol. The van der Waals surface area contributed by atoms with Gasteiger partial charge in [0.25, 0.3) is 5.91 Å². The van der Waals surface area contributed by atoms with Crippen LogP contribution in [0, 0.1) is 17.3 Å². The predicted octanol–water partition coefficient (Wildman–Crippen LogP) is 5.38. The summed E-state index contributed by atoms with van der Waals surface area (Å²) < 4.78 is 10.2. The first-order valence-electron chi connectivity index (χ1n) is 18.9. The van der Waals surface area contributed by atoms with E-state index < -0.39 is 53.2 Å². The van der Waals surface area contributed by atoms with Crippen molar-refractivity contribution in [1.29, 1.82) is 0 Å². The number of aliphatic hydroxyl groups excluding tert-OH is 1. The van der Waals surface area contributed by atoms with Gasteiger partial charge in [0.1, 0.15) is 11.6 Å². The highest BCUT2D eigenvalue weighted by atomic mass is 16.6. The Hall–Kier alpha value is -5.01. The minimum Gasteiger partial charge on any atom is -0.453 e. The Bertz CT molecular complexity index is 1710. The van der Waals surface area contributed by atoms with Crippen LogP contribution in [-0.2, 0) is 32.0 Å². The largest absolute Gasteiger partial charge is 0.453 e. The maximum absolute atomic E-state index is 13.9. The van der Waals surface area contributed by atoms with Crippen LogP contribution in [0.5, 0.6) is 0 Å². The fourth-order valence-electron chi connectivity index (χ4n) is 6.68. The molecule has 13 nitrogen and oxygen atoms in total. The second-order valence-corrected chi connectivity index (χ2v) is 16.3. The Morgan fingerprint density at radius 3 is 2.18 bits per heavy atom. The van der Waals surface area contributed by atoms with Gasteiger partial charge in [0.05, 0.1) is 24.9 Å². The Labute approximate surface area is 324 Å². The van der Waals surface area contributed by atoms with Crippen LogP contribution in [0.4, 0.5) is 9.59 Å². The molecule has 2 aromatic carbocycles. The van der Waals surface area contributed by atoms with E-state index in [1.54, 1.807) is 32.0 Å². The van der Waals surface area contributed by atoms with Crippen LogP contribution in [0.25, 0.3) is 11.3 Å². The van der Waals surface area contributed by atoms with Gasteiger partial charge in [-0.05, 0) is 74.6 Å². The van der Waals surface area contributed by atoms with Crippen LogP contribution >= 0.6 is 0 Å². The average Bonchev–Trinajstić information content (AvgIpc) is 3.12. The molecule has 13 heteroatoms. The fraction of sp³-hybridized carbons (Fsp3) is 0.500. The highest BCUT2D eigenvalue weighted by Gasteiger charge is 2.53. The van der Waals surface area contributed by atoms with Gasteiger partial charge >= 0.3 is 12.2 Å². The summed E-state index contributed by atoms with van der Waals surface area (Å²) in [5.74, 6) is -1.08. The number of rotatable bonds is 16. The van der Waals surface area contributed by atoms with Crippen molar-refractivity contribution in [2.75, 3.05) is 13.7 Å². The molecule has 0 aliphatic heterocycles. The normalized spacial score (nSPS) is 17.9. The zero-order valence-corrected chi connectivity index (χ0v) is 33.3. The maximum atomic E-state index is 13.9. The summed E-state index contributed by atoms with van der Waals surface area (Å²) in [6.45, 7) is 13.3. The molecule has 298 valence electrons. The summed E-state index contributed by atoms with van der Waals surface area (Å²) in [7, 11) is 1.24. The summed E-state index contributed by atoms with van der Waals surface area (Å²) in [4.78, 5) is 56.8. The van der Waals surface area contributed by atoms with Crippen LogP contribution in [0.2, 0.25) is 0 Å². The summed E-state index contributed by atoms with van der Waals surface area (Å²) in [6.07, 6.45) is 0.401. The van der Waals surface area contributed by atoms with Gasteiger partial charge in [0.15, 0.2) is 0 Å². The molecule has 5 atom stereocenters. The van der Waals surface area contributed by atoms with E-state index >= 15 is 0 Å². The van der Waals surface area contributed by atoms with E-state index in [-0.39, 0.29) is 31.0 Å². The SMILES string of the molecule is COC(=O)N[C@@H](CC(C)C)C(=O)NN(Cc1ccc(-c2ccccn2)cc1)C[C@H](O)[C@H](Cc1ccccc1)NC(=O)[C@@H]1C[C@H](NC(=O)OC(C)(C)C)C1(C)C. The van der Waals surface area contributed by atoms with Crippen molar-refractivity contribution < 1.29 is 33.8 Å². The van der Waals surface area contributed by atoms with Crippen LogP contribution in [-0.4, -0.2) is 82.6 Å². The first-order valence-corrected chi connectivity index (χ1v) is 18.9. The van der Waals surface area contributed by atoms with Crippen LogP contribution in [0.15, 0.2) is 79.0 Å². The van der Waals surface area contributed by atoms with Gasteiger partial charge in [-0.3, -0.25) is 20.0 Å². The lowest BCUT2D eigenvalue weighted by Gasteiger charge is -2.51. The third kappa shape index (κ3) is 12.8. The van der Waals surface area contributed by atoms with E-state index in [4.69, 9.17) is 9.47 Å². The van der Waals surface area contributed by atoms with Crippen molar-refractivity contribution in [3.05, 3.63) is 90.1 Å². The fourth-order valence-corrected chi connectivity index (χ4v) is 6.68. The van der Waals surface area contributed by atoms with Gasteiger partial charge in [-0.15, -0.1) is 0 Å². The number of hydrogen-bond donors (Lipinski definition) is 5. The number of hydrogen-bond acceptors (Lipinski definition) is 9. The lowest BCUT2D eigenvalue weighted by Crippen LogP contribution is -2.64. The van der Waals surface area contributed by atoms with Gasteiger partial charge in [-0.25, -0.2) is 14.6 Å². The van der Waals surface area contributed by atoms with Gasteiger partial charge in [-0.1, -0.05) is 88.4 Å². The number of pyridine rings is 1. The van der Waals surface area contributed by atoms with E-state index in [2.05, 4.69) is 26.4 Å². The molecule has 1 aliphatic carbocycles. The second kappa shape index (κ2) is 19.0. The highest BCUT2D eigenvalue weighted by molar-refractivity contribution is 5.85. The Morgan fingerprint density at radius 2 is 1.60 bits per heavy atom. The zero-order valence-electron chi connectivity index (χ0n) is 33.3. The lowest BCUT2D eigenvalue weighted by molar-refractivity contribution is -0.139. The number of aliphatic hydroxyl groups is 1. The van der Waals surface area contributed by atoms with E-state index in [1.807, 2.05) is 100 Å². The molecule has 3 aromatic rings. The number of amides is 4. The third-order valence-electron chi connectivity index (χ3n) is 9.83. The van der Waals surface area contributed by atoms with Crippen molar-refractivity contribution in [1.82, 2.24) is 31.4 Å². The van der Waals surface area contributed by atoms with Crippen molar-refractivity contribution in [3.63, 3.8) is 0 Å². The molecule has 0 spiro atoms. The number of ether oxygens (including phenoxy) is 2. The third-order valence-corrected chi connectivity index (χ3v) is 9.83. The summed E-state index contributed by atoms with van der Waals surface area (Å²) in [5.41, 5.74) is 5.20. The maximum Gasteiger partial charge on any atom is 0.407 e. The number of aromatic nitrogens is 1. The molecule has 4 rings (SSSR count). The van der Waals surface area contributed by atoms with E-state index in [0.29, 0.717) is 19.3 Å². The van der Waals surface area contributed by atoms with Gasteiger partial charge in [-0.2, -0.15) is 0 Å². The van der Waals surface area contributed by atoms with Crippen LogP contribution in [0.3, 0.4) is 0 Å². The van der Waals surface area contributed by atoms with E-state index in [1.165, 1.54) is 7.11 Å². The number of methoxy groups -OCH3 is 1. The second-order valence-electron chi connectivity index (χ2n) is 16.3. The molecule has 1 aromatic heterocycles. The molecule has 0 saturated heterocycles. The standard InChI is InChI=1S/C42H58N6O7/c1-27(2)22-34(45-39(52)54-8)38(51)47-48(25-29-17-19-30(20-18-29)32-16-12-13-21-43-32)26-35(49)33(23-28-14-10-9-11-15-28)44-37(50)31-24-36(42(31,6)7)46-40(53)55-41(3,4)5/h9-21,27,31,33-36,49H,22-26H2,1-8H3,(H,44,50)(H,45,52)(H,46,53)(H,47,51)/t31-,33-,34-,35-,36-/m0/s1. The number of nitrogens with one attached hydrogen (secondary N) is 4.